The number of ether oxygens (including phenoxy) is 1. The highest BCUT2D eigenvalue weighted by atomic mass is 19.4. The van der Waals surface area contributed by atoms with Crippen molar-refractivity contribution < 1.29 is 37.4 Å². The van der Waals surface area contributed by atoms with Crippen molar-refractivity contribution in [2.45, 2.75) is 45.0 Å². The van der Waals surface area contributed by atoms with Gasteiger partial charge in [-0.2, -0.15) is 13.2 Å². The average Bonchev–Trinajstić information content (AvgIpc) is 2.97. The second kappa shape index (κ2) is 13.3. The van der Waals surface area contributed by atoms with Gasteiger partial charge in [0.2, 0.25) is 5.91 Å². The van der Waals surface area contributed by atoms with Crippen molar-refractivity contribution >= 4 is 40.0 Å². The lowest BCUT2D eigenvalue weighted by atomic mass is 9.99. The van der Waals surface area contributed by atoms with Crippen LogP contribution in [0, 0.1) is 5.92 Å². The Morgan fingerprint density at radius 1 is 1.12 bits per heavy atom. The number of amides is 4. The third kappa shape index (κ3) is 7.95. The van der Waals surface area contributed by atoms with E-state index >= 15 is 0 Å². The van der Waals surface area contributed by atoms with Crippen LogP contribution < -0.4 is 15.4 Å². The summed E-state index contributed by atoms with van der Waals surface area (Å²) in [5, 5.41) is 17.1. The fraction of sp³-hybridized carbons (Fsp3) is 0.387. The molecule has 4 amide bonds. The zero-order chi connectivity index (χ0) is 31.3. The maximum Gasteiger partial charge on any atom is 0.389 e. The van der Waals surface area contributed by atoms with Crippen LogP contribution in [-0.2, 0) is 4.79 Å². The molecule has 3 aromatic rings. The highest BCUT2D eigenvalue weighted by molar-refractivity contribution is 6.02. The van der Waals surface area contributed by atoms with Crippen molar-refractivity contribution in [3.63, 3.8) is 0 Å². The fourth-order valence-corrected chi connectivity index (χ4v) is 4.89. The highest BCUT2D eigenvalue weighted by Gasteiger charge is 2.34. The van der Waals surface area contributed by atoms with Gasteiger partial charge >= 0.3 is 12.2 Å². The van der Waals surface area contributed by atoms with Gasteiger partial charge in [0.1, 0.15) is 11.9 Å². The third-order valence-electron chi connectivity index (χ3n) is 7.42. The standard InChI is InChI=1S/C31H35F3N4O5/c1-19-16-38(20(2)18-39)29(41)24-15-22(35-28(40)13-14-31(32,33)34)11-12-26(24)43-27(19)17-37(3)30(42)36-25-10-6-8-21-7-4-5-9-23(21)25/h4-12,15,19-20,27,39H,13-14,16-18H2,1-3H3,(H,35,40)(H,36,42)/t19-,20+,27+/m0/s1. The summed E-state index contributed by atoms with van der Waals surface area (Å²) in [5.41, 5.74) is 0.871. The fourth-order valence-electron chi connectivity index (χ4n) is 4.89. The molecule has 1 aliphatic heterocycles. The maximum atomic E-state index is 13.6. The quantitative estimate of drug-likeness (QED) is 0.316. The molecular weight excluding hydrogens is 565 g/mol. The number of aliphatic hydroxyl groups excluding tert-OH is 1. The van der Waals surface area contributed by atoms with Crippen LogP contribution in [0.3, 0.4) is 0 Å². The normalized spacial score (nSPS) is 17.7. The summed E-state index contributed by atoms with van der Waals surface area (Å²) in [6.07, 6.45) is -7.07. The van der Waals surface area contributed by atoms with Gasteiger partial charge in [-0.15, -0.1) is 0 Å². The van der Waals surface area contributed by atoms with Gasteiger partial charge in [-0.1, -0.05) is 43.3 Å². The lowest BCUT2D eigenvalue weighted by Crippen LogP contribution is -2.50. The van der Waals surface area contributed by atoms with Gasteiger partial charge in [0, 0.05) is 37.0 Å². The first kappa shape index (κ1) is 31.6. The molecule has 0 aromatic heterocycles. The van der Waals surface area contributed by atoms with Crippen molar-refractivity contribution in [1.29, 1.82) is 0 Å². The second-order valence-corrected chi connectivity index (χ2v) is 10.8. The molecule has 1 heterocycles. The van der Waals surface area contributed by atoms with Gasteiger partial charge < -0.3 is 30.3 Å². The smallest absolute Gasteiger partial charge is 0.389 e. The zero-order valence-electron chi connectivity index (χ0n) is 24.1. The number of halogens is 3. The minimum Gasteiger partial charge on any atom is -0.487 e. The van der Waals surface area contributed by atoms with Crippen molar-refractivity contribution in [2.24, 2.45) is 5.92 Å². The predicted molar refractivity (Wildman–Crippen MR) is 157 cm³/mol. The molecule has 0 radical (unpaired) electrons. The SMILES string of the molecule is C[C@H](CO)N1C[C@H](C)[C@@H](CN(C)C(=O)Nc2cccc3ccccc23)Oc2ccc(NC(=O)CCC(F)(F)F)cc2C1=O. The molecule has 1 aliphatic rings. The number of alkyl halides is 3. The summed E-state index contributed by atoms with van der Waals surface area (Å²) < 4.78 is 43.9. The highest BCUT2D eigenvalue weighted by Crippen LogP contribution is 2.31. The lowest BCUT2D eigenvalue weighted by Gasteiger charge is -2.38. The van der Waals surface area contributed by atoms with Crippen molar-refractivity contribution in [1.82, 2.24) is 9.80 Å². The van der Waals surface area contributed by atoms with Gasteiger partial charge in [-0.05, 0) is 36.6 Å². The first-order valence-electron chi connectivity index (χ1n) is 13.9. The number of rotatable bonds is 8. The molecule has 3 aromatic carbocycles. The molecular formula is C31H35F3N4O5. The molecule has 0 bridgehead atoms. The van der Waals surface area contributed by atoms with E-state index < -0.39 is 43.0 Å². The van der Waals surface area contributed by atoms with Gasteiger partial charge in [-0.3, -0.25) is 9.59 Å². The number of anilines is 2. The molecule has 0 spiro atoms. The number of aliphatic hydroxyl groups is 1. The van der Waals surface area contributed by atoms with Crippen LogP contribution in [0.2, 0.25) is 0 Å². The monoisotopic (exact) mass is 600 g/mol. The maximum absolute atomic E-state index is 13.6. The Bertz CT molecular complexity index is 1480. The minimum atomic E-state index is -4.47. The van der Waals surface area contributed by atoms with E-state index in [4.69, 9.17) is 4.74 Å². The lowest BCUT2D eigenvalue weighted by molar-refractivity contribution is -0.142. The molecule has 3 N–H and O–H groups in total. The van der Waals surface area contributed by atoms with Crippen molar-refractivity contribution in [3.05, 3.63) is 66.2 Å². The number of urea groups is 1. The van der Waals surface area contributed by atoms with Gasteiger partial charge in [0.15, 0.2) is 0 Å². The number of likely N-dealkylation sites (N-methyl/N-ethyl adjacent to an activating group) is 1. The molecule has 4 rings (SSSR count). The largest absolute Gasteiger partial charge is 0.487 e. The molecule has 0 saturated heterocycles. The molecule has 0 unspecified atom stereocenters. The van der Waals surface area contributed by atoms with Crippen LogP contribution >= 0.6 is 0 Å². The van der Waals surface area contributed by atoms with E-state index in [2.05, 4.69) is 10.6 Å². The van der Waals surface area contributed by atoms with E-state index in [1.54, 1.807) is 14.0 Å². The van der Waals surface area contributed by atoms with E-state index in [9.17, 15) is 32.7 Å². The topological polar surface area (TPSA) is 111 Å². The van der Waals surface area contributed by atoms with Gasteiger partial charge in [0.25, 0.3) is 5.91 Å². The number of nitrogens with one attached hydrogen (secondary N) is 2. The summed E-state index contributed by atoms with van der Waals surface area (Å²) in [5.74, 6) is -1.38. The Labute approximate surface area is 247 Å². The van der Waals surface area contributed by atoms with Crippen LogP contribution in [0.4, 0.5) is 29.3 Å². The Kier molecular flexibility index (Phi) is 9.80. The summed E-state index contributed by atoms with van der Waals surface area (Å²) in [7, 11) is 1.63. The number of hydrogen-bond acceptors (Lipinski definition) is 5. The average molecular weight is 601 g/mol. The Balaban J connectivity index is 1.55. The summed E-state index contributed by atoms with van der Waals surface area (Å²) in [4.78, 5) is 41.9. The number of fused-ring (bicyclic) bond motifs is 2. The van der Waals surface area contributed by atoms with Crippen LogP contribution in [0.1, 0.15) is 37.0 Å². The molecule has 0 saturated carbocycles. The number of carbonyl (C=O) groups excluding carboxylic acids is 3. The Hall–Kier alpha value is -4.32. The van der Waals surface area contributed by atoms with E-state index in [-0.39, 0.29) is 48.6 Å². The van der Waals surface area contributed by atoms with Crippen molar-refractivity contribution in [2.75, 3.05) is 37.4 Å². The van der Waals surface area contributed by atoms with E-state index in [1.165, 1.54) is 28.0 Å². The minimum absolute atomic E-state index is 0.0775. The van der Waals surface area contributed by atoms with E-state index in [0.29, 0.717) is 5.69 Å². The summed E-state index contributed by atoms with van der Waals surface area (Å²) in [6, 6.07) is 16.7. The van der Waals surface area contributed by atoms with E-state index in [0.717, 1.165) is 10.8 Å². The van der Waals surface area contributed by atoms with Crippen LogP contribution in [-0.4, -0.2) is 77.8 Å². The Morgan fingerprint density at radius 2 is 1.84 bits per heavy atom. The van der Waals surface area contributed by atoms with E-state index in [1.807, 2.05) is 49.4 Å². The predicted octanol–water partition coefficient (Wildman–Crippen LogP) is 5.50. The molecule has 43 heavy (non-hydrogen) atoms. The van der Waals surface area contributed by atoms with Crippen LogP contribution in [0.15, 0.2) is 60.7 Å². The molecule has 0 aliphatic carbocycles. The zero-order valence-corrected chi connectivity index (χ0v) is 24.1. The van der Waals surface area contributed by atoms with Crippen LogP contribution in [0.5, 0.6) is 5.75 Å². The summed E-state index contributed by atoms with van der Waals surface area (Å²) >= 11 is 0. The first-order valence-corrected chi connectivity index (χ1v) is 13.9. The molecule has 3 atom stereocenters. The van der Waals surface area contributed by atoms with Gasteiger partial charge in [0.05, 0.1) is 36.9 Å². The summed E-state index contributed by atoms with van der Waals surface area (Å²) in [6.45, 7) is 3.62. The first-order chi connectivity index (χ1) is 20.4. The molecule has 230 valence electrons. The number of benzene rings is 3. The van der Waals surface area contributed by atoms with Crippen molar-refractivity contribution in [3.8, 4) is 5.75 Å². The molecule has 9 nitrogen and oxygen atoms in total. The number of nitrogens with zero attached hydrogens (tertiary/aromatic N) is 2. The van der Waals surface area contributed by atoms with Crippen LogP contribution in [0.25, 0.3) is 10.8 Å². The molecule has 0 fully saturated rings. The molecule has 12 heteroatoms. The third-order valence-corrected chi connectivity index (χ3v) is 7.42. The second-order valence-electron chi connectivity index (χ2n) is 10.8. The number of carbonyl (C=O) groups is 3. The Morgan fingerprint density at radius 3 is 2.56 bits per heavy atom. The number of hydrogen-bond donors (Lipinski definition) is 3. The van der Waals surface area contributed by atoms with Gasteiger partial charge in [-0.25, -0.2) is 4.79 Å².